The highest BCUT2D eigenvalue weighted by Crippen LogP contribution is 2.27. The Hall–Kier alpha value is -3.41. The van der Waals surface area contributed by atoms with Gasteiger partial charge in [0.1, 0.15) is 11.7 Å². The van der Waals surface area contributed by atoms with E-state index in [0.717, 1.165) is 5.56 Å². The minimum absolute atomic E-state index is 0.0239. The van der Waals surface area contributed by atoms with E-state index < -0.39 is 0 Å². The molecule has 1 N–H and O–H groups in total. The predicted octanol–water partition coefficient (Wildman–Crippen LogP) is 1.72. The van der Waals surface area contributed by atoms with E-state index in [0.29, 0.717) is 30.8 Å². The summed E-state index contributed by atoms with van der Waals surface area (Å²) in [5.41, 5.74) is 1.74. The zero-order valence-electron chi connectivity index (χ0n) is 21.1. The Morgan fingerprint density at radius 2 is 1.91 bits per heavy atom. The summed E-state index contributed by atoms with van der Waals surface area (Å²) in [6.07, 6.45) is 1.20. The molecule has 186 valence electrons. The van der Waals surface area contributed by atoms with E-state index in [1.807, 2.05) is 56.3 Å². The van der Waals surface area contributed by atoms with Crippen LogP contribution in [0.5, 0.6) is 5.88 Å². The van der Waals surface area contributed by atoms with E-state index in [4.69, 9.17) is 4.74 Å². The summed E-state index contributed by atoms with van der Waals surface area (Å²) in [5.74, 6) is 5.97. The number of rotatable bonds is 6. The first-order valence-electron chi connectivity index (χ1n) is 11.7. The van der Waals surface area contributed by atoms with Gasteiger partial charge in [0.25, 0.3) is 5.91 Å². The Labute approximate surface area is 207 Å². The Morgan fingerprint density at radius 3 is 2.57 bits per heavy atom. The van der Waals surface area contributed by atoms with Crippen molar-refractivity contribution in [3.05, 3.63) is 59.3 Å². The van der Waals surface area contributed by atoms with Gasteiger partial charge >= 0.3 is 0 Å². The van der Waals surface area contributed by atoms with Crippen LogP contribution in [0.4, 0.5) is 0 Å². The summed E-state index contributed by atoms with van der Waals surface area (Å²) < 4.78 is 6.25. The summed E-state index contributed by atoms with van der Waals surface area (Å²) in [5, 5.41) is 9.81. The zero-order chi connectivity index (χ0) is 25.5. The van der Waals surface area contributed by atoms with Gasteiger partial charge in [0.2, 0.25) is 11.8 Å². The number of aliphatic hydroxyl groups excluding tert-OH is 1. The van der Waals surface area contributed by atoms with Crippen LogP contribution in [0.15, 0.2) is 42.6 Å². The van der Waals surface area contributed by atoms with Crippen molar-refractivity contribution in [3.63, 3.8) is 0 Å². The lowest BCUT2D eigenvalue weighted by molar-refractivity contribution is -0.132. The van der Waals surface area contributed by atoms with Crippen molar-refractivity contribution in [2.24, 2.45) is 5.92 Å². The van der Waals surface area contributed by atoms with Crippen molar-refractivity contribution in [1.82, 2.24) is 19.7 Å². The molecule has 8 nitrogen and oxygen atoms in total. The maximum absolute atomic E-state index is 13.5. The fraction of sp³-hybridized carbons (Fsp3) is 0.444. The summed E-state index contributed by atoms with van der Waals surface area (Å²) in [7, 11) is 5.44. The average molecular weight is 479 g/mol. The molecule has 2 aromatic rings. The molecule has 35 heavy (non-hydrogen) atoms. The normalized spacial score (nSPS) is 18.5. The highest BCUT2D eigenvalue weighted by molar-refractivity contribution is 5.97. The monoisotopic (exact) mass is 478 g/mol. The summed E-state index contributed by atoms with van der Waals surface area (Å²) >= 11 is 0. The Bertz CT molecular complexity index is 1090. The molecule has 1 aromatic heterocycles. The number of fused-ring (bicyclic) bond motifs is 1. The molecule has 0 bridgehead atoms. The van der Waals surface area contributed by atoms with Crippen molar-refractivity contribution in [3.8, 4) is 17.7 Å². The molecule has 3 atom stereocenters. The second-order valence-corrected chi connectivity index (χ2v) is 9.33. The fourth-order valence-corrected chi connectivity index (χ4v) is 3.82. The first-order chi connectivity index (χ1) is 16.7. The van der Waals surface area contributed by atoms with E-state index in [-0.39, 0.29) is 42.4 Å². The fourth-order valence-electron chi connectivity index (χ4n) is 3.82. The van der Waals surface area contributed by atoms with Gasteiger partial charge in [0, 0.05) is 36.8 Å². The van der Waals surface area contributed by atoms with Crippen molar-refractivity contribution >= 4 is 11.8 Å². The number of hydrogen-bond acceptors (Lipinski definition) is 6. The molecule has 1 aliphatic heterocycles. The van der Waals surface area contributed by atoms with Gasteiger partial charge in [-0.2, -0.15) is 0 Å². The lowest BCUT2D eigenvalue weighted by atomic mass is 10.00. The molecule has 0 unspecified atom stereocenters. The number of ether oxygens (including phenoxy) is 1. The first kappa shape index (κ1) is 26.2. The molecule has 0 radical (unpaired) electrons. The maximum atomic E-state index is 13.5. The highest BCUT2D eigenvalue weighted by atomic mass is 16.5. The van der Waals surface area contributed by atoms with Crippen LogP contribution >= 0.6 is 0 Å². The van der Waals surface area contributed by atoms with E-state index in [9.17, 15) is 14.7 Å². The lowest BCUT2D eigenvalue weighted by Gasteiger charge is -2.37. The van der Waals surface area contributed by atoms with Crippen molar-refractivity contribution < 1.29 is 19.4 Å². The summed E-state index contributed by atoms with van der Waals surface area (Å²) in [6, 6.07) is 10.9. The molecule has 1 aliphatic rings. The SMILES string of the molecule is C[C@@H]1CN([C@@H](C)CO)C(=O)c2cc(C#Cc3ccccc3)cnc2O[C@@H]1CN(C)C(=O)CN(C)C. The van der Waals surface area contributed by atoms with Crippen LogP contribution in [-0.2, 0) is 4.79 Å². The largest absolute Gasteiger partial charge is 0.472 e. The van der Waals surface area contributed by atoms with Crippen LogP contribution in [0.3, 0.4) is 0 Å². The van der Waals surface area contributed by atoms with Crippen LogP contribution in [0, 0.1) is 17.8 Å². The topological polar surface area (TPSA) is 86.2 Å². The standard InChI is InChI=1S/C27H34N4O4/c1-19-15-31(20(2)18-32)27(34)23-13-22(12-11-21-9-7-6-8-10-21)14-28-26(23)35-24(19)16-30(5)25(33)17-29(3)4/h6-10,13-14,19-20,24,32H,15-18H2,1-5H3/t19-,20+,24-/m1/s1. The number of aliphatic hydroxyl groups is 1. The number of likely N-dealkylation sites (N-methyl/N-ethyl adjacent to an activating group) is 2. The van der Waals surface area contributed by atoms with Gasteiger partial charge < -0.3 is 24.5 Å². The molecule has 8 heteroatoms. The van der Waals surface area contributed by atoms with E-state index in [1.165, 1.54) is 0 Å². The van der Waals surface area contributed by atoms with Gasteiger partial charge in [-0.05, 0) is 39.2 Å². The number of carbonyl (C=O) groups excluding carboxylic acids is 2. The van der Waals surface area contributed by atoms with Crippen LogP contribution in [0.25, 0.3) is 0 Å². The molecule has 0 saturated heterocycles. The lowest BCUT2D eigenvalue weighted by Crippen LogP contribution is -2.51. The Kier molecular flexibility index (Phi) is 8.85. The zero-order valence-corrected chi connectivity index (χ0v) is 21.1. The third kappa shape index (κ3) is 6.81. The molecule has 0 fully saturated rings. The van der Waals surface area contributed by atoms with Crippen LogP contribution < -0.4 is 4.74 Å². The van der Waals surface area contributed by atoms with Gasteiger partial charge in [-0.3, -0.25) is 9.59 Å². The molecule has 0 saturated carbocycles. The third-order valence-corrected chi connectivity index (χ3v) is 5.98. The van der Waals surface area contributed by atoms with Crippen LogP contribution in [0.1, 0.15) is 35.3 Å². The number of carbonyl (C=O) groups is 2. The molecule has 0 aliphatic carbocycles. The predicted molar refractivity (Wildman–Crippen MR) is 134 cm³/mol. The number of pyridine rings is 1. The number of amides is 2. The minimum Gasteiger partial charge on any atom is -0.472 e. The summed E-state index contributed by atoms with van der Waals surface area (Å²) in [4.78, 5) is 35.6. The number of hydrogen-bond donors (Lipinski definition) is 1. The first-order valence-corrected chi connectivity index (χ1v) is 11.7. The van der Waals surface area contributed by atoms with Gasteiger partial charge in [0.05, 0.1) is 25.7 Å². The van der Waals surface area contributed by atoms with E-state index in [2.05, 4.69) is 16.8 Å². The van der Waals surface area contributed by atoms with Crippen molar-refractivity contribution in [2.75, 3.05) is 47.4 Å². The van der Waals surface area contributed by atoms with Crippen molar-refractivity contribution in [2.45, 2.75) is 26.0 Å². The smallest absolute Gasteiger partial charge is 0.259 e. The molecule has 0 spiro atoms. The molecular weight excluding hydrogens is 444 g/mol. The van der Waals surface area contributed by atoms with Gasteiger partial charge in [-0.1, -0.05) is 37.0 Å². The van der Waals surface area contributed by atoms with Crippen LogP contribution in [0.2, 0.25) is 0 Å². The Morgan fingerprint density at radius 1 is 1.23 bits per heavy atom. The quantitative estimate of drug-likeness (QED) is 0.637. The number of nitrogens with zero attached hydrogens (tertiary/aromatic N) is 4. The van der Waals surface area contributed by atoms with Crippen LogP contribution in [-0.4, -0.2) is 96.1 Å². The van der Waals surface area contributed by atoms with Crippen molar-refractivity contribution in [1.29, 1.82) is 0 Å². The molecule has 3 rings (SSSR count). The van der Waals surface area contributed by atoms with E-state index in [1.54, 1.807) is 36.0 Å². The molecular formula is C27H34N4O4. The second kappa shape index (κ2) is 11.8. The maximum Gasteiger partial charge on any atom is 0.259 e. The highest BCUT2D eigenvalue weighted by Gasteiger charge is 2.34. The van der Waals surface area contributed by atoms with Gasteiger partial charge in [0.15, 0.2) is 0 Å². The van der Waals surface area contributed by atoms with Gasteiger partial charge in [-0.25, -0.2) is 4.98 Å². The third-order valence-electron chi connectivity index (χ3n) is 5.98. The van der Waals surface area contributed by atoms with E-state index >= 15 is 0 Å². The Balaban J connectivity index is 1.95. The average Bonchev–Trinajstić information content (AvgIpc) is 2.84. The molecule has 2 heterocycles. The second-order valence-electron chi connectivity index (χ2n) is 9.33. The minimum atomic E-state index is -0.389. The summed E-state index contributed by atoms with van der Waals surface area (Å²) in [6.45, 7) is 4.63. The van der Waals surface area contributed by atoms with Gasteiger partial charge in [-0.15, -0.1) is 0 Å². The molecule has 1 aromatic carbocycles. The molecule has 2 amide bonds. The number of benzene rings is 1. The number of aromatic nitrogens is 1.